The molecule has 1 aromatic rings. The zero-order valence-electron chi connectivity index (χ0n) is 6.51. The van der Waals surface area contributed by atoms with Crippen molar-refractivity contribution in [2.24, 2.45) is 11.1 Å². The molecule has 0 aliphatic heterocycles. The summed E-state index contributed by atoms with van der Waals surface area (Å²) < 4.78 is 0. The largest absolute Gasteiger partial charge is 0.348 e. The van der Waals surface area contributed by atoms with Crippen molar-refractivity contribution < 1.29 is 0 Å². The van der Waals surface area contributed by atoms with Gasteiger partial charge in [-0.05, 0) is 31.2 Å². The maximum absolute atomic E-state index is 5.65. The first-order chi connectivity index (χ1) is 5.35. The van der Waals surface area contributed by atoms with E-state index in [4.69, 9.17) is 5.73 Å². The molecule has 0 amide bonds. The van der Waals surface area contributed by atoms with E-state index in [2.05, 4.69) is 9.97 Å². The molecule has 0 bridgehead atoms. The van der Waals surface area contributed by atoms with Gasteiger partial charge in [-0.15, -0.1) is 0 Å². The van der Waals surface area contributed by atoms with Crippen LogP contribution in [0.4, 0.5) is 0 Å². The van der Waals surface area contributed by atoms with Crippen LogP contribution in [0.5, 0.6) is 0 Å². The van der Waals surface area contributed by atoms with Crippen LogP contribution in [0.1, 0.15) is 18.5 Å². The van der Waals surface area contributed by atoms with Gasteiger partial charge in [0.05, 0.1) is 6.33 Å². The van der Waals surface area contributed by atoms with Crippen molar-refractivity contribution in [2.45, 2.75) is 19.3 Å². The Hall–Kier alpha value is -0.830. The minimum absolute atomic E-state index is 0.423. The second-order valence-corrected chi connectivity index (χ2v) is 3.46. The second kappa shape index (κ2) is 2.34. The van der Waals surface area contributed by atoms with Gasteiger partial charge in [0.1, 0.15) is 0 Å². The maximum Gasteiger partial charge on any atom is 0.0921 e. The molecule has 1 fully saturated rings. The number of rotatable bonds is 3. The SMILES string of the molecule is NCC1(Cc2cnc[nH]2)CC1. The summed E-state index contributed by atoms with van der Waals surface area (Å²) in [5.74, 6) is 0. The molecular weight excluding hydrogens is 138 g/mol. The lowest BCUT2D eigenvalue weighted by Crippen LogP contribution is -2.17. The minimum atomic E-state index is 0.423. The van der Waals surface area contributed by atoms with E-state index in [1.165, 1.54) is 18.5 Å². The molecule has 0 atom stereocenters. The third kappa shape index (κ3) is 1.28. The smallest absolute Gasteiger partial charge is 0.0921 e. The standard InChI is InChI=1S/C8H13N3/c9-5-8(1-2-8)3-7-4-10-6-11-7/h4,6H,1-3,5,9H2,(H,10,11). The van der Waals surface area contributed by atoms with Crippen LogP contribution in [0.2, 0.25) is 0 Å². The molecule has 3 nitrogen and oxygen atoms in total. The number of hydrogen-bond donors (Lipinski definition) is 2. The van der Waals surface area contributed by atoms with Gasteiger partial charge in [0.15, 0.2) is 0 Å². The molecule has 0 spiro atoms. The number of nitrogens with one attached hydrogen (secondary N) is 1. The summed E-state index contributed by atoms with van der Waals surface area (Å²) in [5, 5.41) is 0. The molecule has 1 heterocycles. The molecule has 1 aromatic heterocycles. The van der Waals surface area contributed by atoms with Crippen LogP contribution in [-0.4, -0.2) is 16.5 Å². The molecule has 11 heavy (non-hydrogen) atoms. The van der Waals surface area contributed by atoms with Crippen molar-refractivity contribution in [3.8, 4) is 0 Å². The quantitative estimate of drug-likeness (QED) is 0.667. The fourth-order valence-corrected chi connectivity index (χ4v) is 1.42. The molecule has 0 saturated heterocycles. The van der Waals surface area contributed by atoms with Crippen LogP contribution in [-0.2, 0) is 6.42 Å². The molecule has 0 unspecified atom stereocenters. The predicted molar refractivity (Wildman–Crippen MR) is 43.0 cm³/mol. The van der Waals surface area contributed by atoms with Crippen molar-refractivity contribution in [1.29, 1.82) is 0 Å². The number of H-pyrrole nitrogens is 1. The molecule has 1 saturated carbocycles. The van der Waals surface area contributed by atoms with Crippen molar-refractivity contribution in [1.82, 2.24) is 9.97 Å². The van der Waals surface area contributed by atoms with Crippen molar-refractivity contribution in [2.75, 3.05) is 6.54 Å². The lowest BCUT2D eigenvalue weighted by Gasteiger charge is -2.08. The summed E-state index contributed by atoms with van der Waals surface area (Å²) in [6, 6.07) is 0. The molecule has 60 valence electrons. The number of aromatic nitrogens is 2. The summed E-state index contributed by atoms with van der Waals surface area (Å²) in [6.07, 6.45) is 7.24. The number of aromatic amines is 1. The highest BCUT2D eigenvalue weighted by molar-refractivity contribution is 5.06. The number of nitrogens with zero attached hydrogens (tertiary/aromatic N) is 1. The van der Waals surface area contributed by atoms with Gasteiger partial charge in [-0.25, -0.2) is 4.98 Å². The van der Waals surface area contributed by atoms with Crippen LogP contribution in [0, 0.1) is 5.41 Å². The minimum Gasteiger partial charge on any atom is -0.348 e. The van der Waals surface area contributed by atoms with Crippen LogP contribution in [0.15, 0.2) is 12.5 Å². The lowest BCUT2D eigenvalue weighted by molar-refractivity contribution is 0.515. The van der Waals surface area contributed by atoms with E-state index >= 15 is 0 Å². The summed E-state index contributed by atoms with van der Waals surface area (Å²) in [4.78, 5) is 7.07. The summed E-state index contributed by atoms with van der Waals surface area (Å²) >= 11 is 0. The van der Waals surface area contributed by atoms with Gasteiger partial charge in [-0.2, -0.15) is 0 Å². The van der Waals surface area contributed by atoms with Gasteiger partial charge in [0.2, 0.25) is 0 Å². The van der Waals surface area contributed by atoms with Crippen LogP contribution in [0.3, 0.4) is 0 Å². The molecule has 3 heteroatoms. The Morgan fingerprint density at radius 2 is 2.45 bits per heavy atom. The first-order valence-electron chi connectivity index (χ1n) is 4.02. The average Bonchev–Trinajstić information content (AvgIpc) is 2.59. The van der Waals surface area contributed by atoms with Gasteiger partial charge in [-0.3, -0.25) is 0 Å². The predicted octanol–water partition coefficient (Wildman–Crippen LogP) is 0.691. The lowest BCUT2D eigenvalue weighted by atomic mass is 10.0. The van der Waals surface area contributed by atoms with E-state index in [0.717, 1.165) is 13.0 Å². The van der Waals surface area contributed by atoms with Crippen LogP contribution in [0.25, 0.3) is 0 Å². The van der Waals surface area contributed by atoms with Crippen molar-refractivity contribution in [3.05, 3.63) is 18.2 Å². The molecule has 0 aromatic carbocycles. The first kappa shape index (κ1) is 6.85. The van der Waals surface area contributed by atoms with Crippen molar-refractivity contribution >= 4 is 0 Å². The van der Waals surface area contributed by atoms with Gasteiger partial charge >= 0.3 is 0 Å². The molecule has 1 aliphatic rings. The Balaban J connectivity index is 2.01. The Morgan fingerprint density at radius 3 is 2.91 bits per heavy atom. The highest BCUT2D eigenvalue weighted by Gasteiger charge is 2.41. The number of imidazole rings is 1. The van der Waals surface area contributed by atoms with Gasteiger partial charge in [0, 0.05) is 11.9 Å². The normalized spacial score (nSPS) is 20.1. The van der Waals surface area contributed by atoms with E-state index in [9.17, 15) is 0 Å². The fourth-order valence-electron chi connectivity index (χ4n) is 1.42. The van der Waals surface area contributed by atoms with E-state index in [0.29, 0.717) is 5.41 Å². The zero-order valence-corrected chi connectivity index (χ0v) is 6.51. The number of nitrogens with two attached hydrogens (primary N) is 1. The number of hydrogen-bond acceptors (Lipinski definition) is 2. The Labute approximate surface area is 66.0 Å². The molecular formula is C8H13N3. The van der Waals surface area contributed by atoms with Crippen LogP contribution >= 0.6 is 0 Å². The Bertz CT molecular complexity index is 223. The van der Waals surface area contributed by atoms with Gasteiger partial charge in [0.25, 0.3) is 0 Å². The first-order valence-corrected chi connectivity index (χ1v) is 4.02. The Morgan fingerprint density at radius 1 is 1.64 bits per heavy atom. The Kier molecular flexibility index (Phi) is 1.46. The van der Waals surface area contributed by atoms with Crippen LogP contribution < -0.4 is 5.73 Å². The maximum atomic E-state index is 5.65. The van der Waals surface area contributed by atoms with Gasteiger partial charge in [-0.1, -0.05) is 0 Å². The molecule has 2 rings (SSSR count). The van der Waals surface area contributed by atoms with E-state index in [1.54, 1.807) is 6.33 Å². The third-order valence-electron chi connectivity index (χ3n) is 2.51. The summed E-state index contributed by atoms with van der Waals surface area (Å²) in [6.45, 7) is 0.812. The molecule has 1 aliphatic carbocycles. The third-order valence-corrected chi connectivity index (χ3v) is 2.51. The van der Waals surface area contributed by atoms with E-state index in [1.807, 2.05) is 6.20 Å². The van der Waals surface area contributed by atoms with E-state index < -0.39 is 0 Å². The second-order valence-electron chi connectivity index (χ2n) is 3.46. The van der Waals surface area contributed by atoms with Gasteiger partial charge < -0.3 is 10.7 Å². The monoisotopic (exact) mass is 151 g/mol. The molecule has 0 radical (unpaired) electrons. The topological polar surface area (TPSA) is 54.7 Å². The van der Waals surface area contributed by atoms with Crippen molar-refractivity contribution in [3.63, 3.8) is 0 Å². The molecule has 3 N–H and O–H groups in total. The highest BCUT2D eigenvalue weighted by atomic mass is 14.9. The average molecular weight is 151 g/mol. The zero-order chi connectivity index (χ0) is 7.73. The summed E-state index contributed by atoms with van der Waals surface area (Å²) in [5.41, 5.74) is 7.29. The summed E-state index contributed by atoms with van der Waals surface area (Å²) in [7, 11) is 0. The van der Waals surface area contributed by atoms with E-state index in [-0.39, 0.29) is 0 Å². The highest BCUT2D eigenvalue weighted by Crippen LogP contribution is 2.46. The fraction of sp³-hybridized carbons (Fsp3) is 0.625.